The van der Waals surface area contributed by atoms with E-state index in [9.17, 15) is 0 Å². The molecule has 0 spiro atoms. The Hall–Kier alpha value is -7.19. The summed E-state index contributed by atoms with van der Waals surface area (Å²) in [6.07, 6.45) is 0. The molecule has 0 N–H and O–H groups in total. The van der Waals surface area contributed by atoms with Crippen molar-refractivity contribution in [1.82, 2.24) is 0 Å². The van der Waals surface area contributed by atoms with Gasteiger partial charge >= 0.3 is 8.60 Å². The van der Waals surface area contributed by atoms with Crippen molar-refractivity contribution < 1.29 is 13.6 Å². The normalized spacial score (nSPS) is 14.0. The van der Waals surface area contributed by atoms with E-state index in [2.05, 4.69) is 473 Å². The number of hydrogen-bond donors (Lipinski definition) is 0. The van der Waals surface area contributed by atoms with Crippen molar-refractivity contribution in [3.8, 4) is 17.2 Å². The summed E-state index contributed by atoms with van der Waals surface area (Å²) in [7, 11) is -2.14. The molecule has 4 heteroatoms. The Morgan fingerprint density at radius 2 is 0.288 bits per heavy atom. The van der Waals surface area contributed by atoms with E-state index in [0.717, 1.165) is 0 Å². The van der Waals surface area contributed by atoms with E-state index in [0.29, 0.717) is 17.2 Å². The van der Waals surface area contributed by atoms with Gasteiger partial charge in [0.25, 0.3) is 0 Å². The predicted octanol–water partition coefficient (Wildman–Crippen LogP) is 33.3. The zero-order valence-corrected chi connectivity index (χ0v) is 83.1. The van der Waals surface area contributed by atoms with Gasteiger partial charge in [0, 0.05) is 34.0 Å². The second-order valence-electron chi connectivity index (χ2n) is 49.3. The molecule has 0 heterocycles. The second-order valence-corrected chi connectivity index (χ2v) is 50.3. The van der Waals surface area contributed by atoms with Gasteiger partial charge in [0.1, 0.15) is 17.2 Å². The summed E-state index contributed by atoms with van der Waals surface area (Å²) in [6, 6.07) is 71.0. The van der Waals surface area contributed by atoms with E-state index in [1.165, 1.54) is 117 Å². The summed E-state index contributed by atoms with van der Waals surface area (Å²) in [5.41, 5.74) is 26.0. The second kappa shape index (κ2) is 32.6. The van der Waals surface area contributed by atoms with Gasteiger partial charge in [0.05, 0.1) is 0 Å². The van der Waals surface area contributed by atoms with Crippen LogP contribution >= 0.6 is 8.60 Å². The molecule has 0 bridgehead atoms. The quantitative estimate of drug-likeness (QED) is 0.0802. The summed E-state index contributed by atoms with van der Waals surface area (Å²) >= 11 is 0. The van der Waals surface area contributed by atoms with Gasteiger partial charge in [-0.2, -0.15) is 0 Å². The average Bonchev–Trinajstić information content (AvgIpc) is 0.744. The highest BCUT2D eigenvalue weighted by molar-refractivity contribution is 7.43. The predicted molar refractivity (Wildman–Crippen MR) is 516 cm³/mol. The summed E-state index contributed by atoms with van der Waals surface area (Å²) in [5.74, 6) is 1.93. The van der Waals surface area contributed by atoms with Crippen LogP contribution in [0.1, 0.15) is 425 Å². The highest BCUT2D eigenvalue weighted by Crippen LogP contribution is 2.56. The van der Waals surface area contributed by atoms with Crippen LogP contribution in [0.5, 0.6) is 17.2 Å². The first-order valence-electron chi connectivity index (χ1n) is 44.4. The molecule has 0 fully saturated rings. The number of hydrogen-bond acceptors (Lipinski definition) is 3. The fourth-order valence-electron chi connectivity index (χ4n) is 18.0. The van der Waals surface area contributed by atoms with Gasteiger partial charge in [-0.05, 0) is 218 Å². The zero-order chi connectivity index (χ0) is 89.0. The van der Waals surface area contributed by atoms with Gasteiger partial charge in [0.15, 0.2) is 0 Å². The van der Waals surface area contributed by atoms with Crippen LogP contribution in [-0.2, 0) is 81.2 Å². The van der Waals surface area contributed by atoms with Crippen molar-refractivity contribution >= 4 is 8.60 Å². The van der Waals surface area contributed by atoms with Crippen LogP contribution in [0.25, 0.3) is 0 Å². The van der Waals surface area contributed by atoms with Crippen molar-refractivity contribution in [2.75, 3.05) is 0 Å². The molecule has 0 aliphatic heterocycles. The Labute approximate surface area is 723 Å². The molecule has 9 rings (SSSR count). The number of benzene rings is 9. The molecule has 0 radical (unpaired) electrons. The molecule has 0 amide bonds. The fourth-order valence-corrected chi connectivity index (χ4v) is 19.0. The topological polar surface area (TPSA) is 27.7 Å². The zero-order valence-electron chi connectivity index (χ0n) is 82.2. The van der Waals surface area contributed by atoms with E-state index in [1.807, 2.05) is 0 Å². The fraction of sp³-hybridized carbons (Fsp3) is 0.526. The van der Waals surface area contributed by atoms with Gasteiger partial charge in [0.2, 0.25) is 0 Å². The minimum absolute atomic E-state index is 0.0192. The smallest absolute Gasteiger partial charge is 0.409 e. The molecule has 0 aliphatic rings. The largest absolute Gasteiger partial charge is 0.530 e. The summed E-state index contributed by atoms with van der Waals surface area (Å²) in [6.45, 7) is 99.7. The molecule has 3 nitrogen and oxygen atoms in total. The lowest BCUT2D eigenvalue weighted by Gasteiger charge is -2.42. The van der Waals surface area contributed by atoms with E-state index < -0.39 is 24.8 Å². The van der Waals surface area contributed by atoms with Crippen LogP contribution in [0.3, 0.4) is 0 Å². The van der Waals surface area contributed by atoms with Crippen molar-refractivity contribution in [2.24, 2.45) is 0 Å². The highest BCUT2D eigenvalue weighted by Gasteiger charge is 2.45. The van der Waals surface area contributed by atoms with Crippen molar-refractivity contribution in [1.29, 1.82) is 0 Å². The van der Waals surface area contributed by atoms with Gasteiger partial charge in [-0.15, -0.1) is 0 Å². The van der Waals surface area contributed by atoms with E-state index >= 15 is 0 Å². The maximum absolute atomic E-state index is 7.27. The van der Waals surface area contributed by atoms with Crippen LogP contribution in [0, 0.1) is 0 Å². The molecular weight excluding hydrogens is 1450 g/mol. The van der Waals surface area contributed by atoms with Crippen LogP contribution in [0.15, 0.2) is 182 Å². The molecular formula is C114H159O3P. The van der Waals surface area contributed by atoms with Crippen molar-refractivity contribution in [3.63, 3.8) is 0 Å². The molecule has 0 atom stereocenters. The molecule has 9 aromatic carbocycles. The Kier molecular flexibility index (Phi) is 26.1. The highest BCUT2D eigenvalue weighted by atomic mass is 31.2. The molecule has 638 valence electrons. The van der Waals surface area contributed by atoms with E-state index in [-0.39, 0.29) is 82.7 Å². The average molecular weight is 1610 g/mol. The first-order chi connectivity index (χ1) is 53.3. The summed E-state index contributed by atoms with van der Waals surface area (Å²) in [4.78, 5) is 0. The molecule has 9 aromatic rings. The summed E-state index contributed by atoms with van der Waals surface area (Å²) in [5, 5.41) is 0. The van der Waals surface area contributed by atoms with E-state index in [4.69, 9.17) is 13.6 Å². The van der Waals surface area contributed by atoms with Crippen LogP contribution in [0.4, 0.5) is 0 Å². The standard InChI is InChI=1S/C114H159O3P/c1-100(2,3)76-49-61-85(91(67-76)106(19,20)21)97(86-62-50-77(101(4,5)6)68-92(86)107(22,23)24)112(37,38)73-43-55-82(56-44-73)115-118(116-83-57-45-74(46-58-83)113(39,40)98(87-63-51-78(102(7,8)9)69-93(87)108(25,26)27)88-64-52-79(103(10,11)12)70-94(88)109(28,29)30)117-84-59-47-75(48-60-84)114(41,42)99(89-65-53-80(104(13,14)15)71-95(89)110(31,32)33)90-66-54-81(105(16,17)18)72-96(90)111(34,35)36/h43-72,97-99H,1-42H3. The van der Waals surface area contributed by atoms with Gasteiger partial charge in [-0.1, -0.05) is 436 Å². The minimum atomic E-state index is -2.14. The monoisotopic (exact) mass is 1610 g/mol. The van der Waals surface area contributed by atoms with Crippen LogP contribution in [-0.4, -0.2) is 0 Å². The Morgan fingerprint density at radius 3 is 0.407 bits per heavy atom. The first kappa shape index (κ1) is 94.7. The third-order valence-corrected chi connectivity index (χ3v) is 26.8. The van der Waals surface area contributed by atoms with Gasteiger partial charge in [-0.25, -0.2) is 0 Å². The maximum atomic E-state index is 7.27. The maximum Gasteiger partial charge on any atom is 0.530 e. The summed E-state index contributed by atoms with van der Waals surface area (Å²) < 4.78 is 21.8. The van der Waals surface area contributed by atoms with Crippen LogP contribution in [0.2, 0.25) is 0 Å². The van der Waals surface area contributed by atoms with Gasteiger partial charge < -0.3 is 13.6 Å². The Morgan fingerprint density at radius 1 is 0.161 bits per heavy atom. The Bertz CT molecular complexity index is 4260. The van der Waals surface area contributed by atoms with Crippen LogP contribution < -0.4 is 13.6 Å². The Balaban J connectivity index is 1.21. The third-order valence-electron chi connectivity index (χ3n) is 25.7. The molecule has 118 heavy (non-hydrogen) atoms. The molecule has 0 aromatic heterocycles. The lowest BCUT2D eigenvalue weighted by atomic mass is 9.62. The molecule has 0 saturated heterocycles. The minimum Gasteiger partial charge on any atom is -0.409 e. The first-order valence-corrected chi connectivity index (χ1v) is 45.5. The lowest BCUT2D eigenvalue weighted by Crippen LogP contribution is -2.33. The van der Waals surface area contributed by atoms with Crippen molar-refractivity contribution in [2.45, 2.75) is 390 Å². The lowest BCUT2D eigenvalue weighted by molar-refractivity contribution is 0.387. The van der Waals surface area contributed by atoms with Gasteiger partial charge in [-0.3, -0.25) is 0 Å². The molecule has 0 aliphatic carbocycles. The number of rotatable bonds is 18. The molecule has 0 saturated carbocycles. The third kappa shape index (κ3) is 21.1. The van der Waals surface area contributed by atoms with Crippen molar-refractivity contribution in [3.05, 3.63) is 299 Å². The SMILES string of the molecule is CC(C)(C)c1ccc(C(c2ccc(C(C)(C)C)cc2C(C)(C)C)C(C)(C)c2ccc(OP(Oc3ccc(C(C)(C)C(c4ccc(C(C)(C)C)cc4C(C)(C)C)c4ccc(C(C)(C)C)cc4C(C)(C)C)cc3)Oc3ccc(C(C)(C)C(c4ccc(C(C)(C)C)cc4C(C)(C)C)c4ccc(C(C)(C)C)cc4C(C)(C)C)cc3)cc2)c(C(C)(C)C)c1. The molecule has 0 unspecified atom stereocenters. The van der Waals surface area contributed by atoms with E-state index in [1.54, 1.807) is 0 Å².